The Balaban J connectivity index is 2.21. The summed E-state index contributed by atoms with van der Waals surface area (Å²) in [6, 6.07) is 11.8. The number of halogens is 1. The van der Waals surface area contributed by atoms with Gasteiger partial charge in [-0.25, -0.2) is 4.79 Å². The van der Waals surface area contributed by atoms with E-state index in [0.717, 1.165) is 6.07 Å². The van der Waals surface area contributed by atoms with E-state index in [1.807, 2.05) is 0 Å². The Morgan fingerprint density at radius 2 is 1.85 bits per heavy atom. The second-order valence-corrected chi connectivity index (χ2v) is 5.67. The number of carboxylic acids is 1. The van der Waals surface area contributed by atoms with Crippen molar-refractivity contribution < 1.29 is 19.9 Å². The molecule has 3 aromatic carbocycles. The van der Waals surface area contributed by atoms with Crippen LogP contribution < -0.4 is 0 Å². The second kappa shape index (κ2) is 6.77. The molecule has 3 rings (SSSR count). The summed E-state index contributed by atoms with van der Waals surface area (Å²) in [5.74, 6) is -1.90. The molecule has 0 unspecified atom stereocenters. The Bertz CT molecular complexity index is 1080. The summed E-state index contributed by atoms with van der Waals surface area (Å²) in [6.07, 6.45) is 0. The Hall–Kier alpha value is -3.52. The highest BCUT2D eigenvalue weighted by molar-refractivity contribution is 6.30. The highest BCUT2D eigenvalue weighted by Crippen LogP contribution is 2.40. The molecule has 26 heavy (non-hydrogen) atoms. The molecular formula is C17H10ClN3O5. The standard InChI is InChI=1S/C17H10ClN3O5/c18-10-5-6-13(14(8-10)21(25)26)19-20-15-11-4-2-1-3-9(11)7-12(16(15)22)17(23)24/h1-8,22H,(H,23,24). The number of fused-ring (bicyclic) bond motifs is 1. The van der Waals surface area contributed by atoms with Crippen LogP contribution in [0.25, 0.3) is 10.8 Å². The molecule has 2 N–H and O–H groups in total. The number of nitro benzene ring substituents is 1. The van der Waals surface area contributed by atoms with Crippen molar-refractivity contribution in [2.24, 2.45) is 10.2 Å². The second-order valence-electron chi connectivity index (χ2n) is 5.24. The van der Waals surface area contributed by atoms with Crippen LogP contribution in [0.1, 0.15) is 10.4 Å². The molecule has 0 saturated carbocycles. The molecule has 0 amide bonds. The largest absolute Gasteiger partial charge is 0.505 e. The molecule has 0 saturated heterocycles. The van der Waals surface area contributed by atoms with Crippen LogP contribution in [0.4, 0.5) is 17.1 Å². The summed E-state index contributed by atoms with van der Waals surface area (Å²) in [4.78, 5) is 21.8. The molecule has 0 aliphatic carbocycles. The number of aromatic hydroxyl groups is 1. The van der Waals surface area contributed by atoms with Gasteiger partial charge in [0.05, 0.1) is 4.92 Å². The monoisotopic (exact) mass is 371 g/mol. The topological polar surface area (TPSA) is 125 Å². The summed E-state index contributed by atoms with van der Waals surface area (Å²) in [5.41, 5.74) is -0.879. The summed E-state index contributed by atoms with van der Waals surface area (Å²) >= 11 is 5.76. The van der Waals surface area contributed by atoms with Crippen LogP contribution in [0, 0.1) is 10.1 Å². The van der Waals surface area contributed by atoms with E-state index in [1.165, 1.54) is 18.2 Å². The number of carboxylic acid groups (broad SMARTS) is 1. The number of nitrogens with zero attached hydrogens (tertiary/aromatic N) is 3. The molecule has 0 bridgehead atoms. The van der Waals surface area contributed by atoms with Crippen LogP contribution in [0.5, 0.6) is 5.75 Å². The Labute approximate surface area is 151 Å². The maximum absolute atomic E-state index is 11.3. The molecule has 130 valence electrons. The molecule has 0 aromatic heterocycles. The predicted octanol–water partition coefficient (Wildman–Crippen LogP) is 5.22. The van der Waals surface area contributed by atoms with Gasteiger partial charge in [-0.2, -0.15) is 0 Å². The maximum atomic E-state index is 11.3. The van der Waals surface area contributed by atoms with E-state index < -0.39 is 16.6 Å². The zero-order valence-corrected chi connectivity index (χ0v) is 13.7. The van der Waals surface area contributed by atoms with Gasteiger partial charge in [-0.1, -0.05) is 35.9 Å². The number of benzene rings is 3. The van der Waals surface area contributed by atoms with Crippen molar-refractivity contribution in [3.05, 3.63) is 69.2 Å². The molecular weight excluding hydrogens is 362 g/mol. The first-order chi connectivity index (χ1) is 12.4. The Kier molecular flexibility index (Phi) is 4.51. The average molecular weight is 372 g/mol. The quantitative estimate of drug-likeness (QED) is 0.369. The molecule has 0 fully saturated rings. The third-order valence-corrected chi connectivity index (χ3v) is 3.85. The van der Waals surface area contributed by atoms with Gasteiger partial charge in [0.25, 0.3) is 5.69 Å². The normalized spacial score (nSPS) is 11.1. The summed E-state index contributed by atoms with van der Waals surface area (Å²) in [6.45, 7) is 0. The van der Waals surface area contributed by atoms with Crippen LogP contribution in [0.2, 0.25) is 5.02 Å². The van der Waals surface area contributed by atoms with Gasteiger partial charge in [-0.15, -0.1) is 10.2 Å². The van der Waals surface area contributed by atoms with E-state index in [4.69, 9.17) is 11.6 Å². The van der Waals surface area contributed by atoms with Crippen molar-refractivity contribution in [2.45, 2.75) is 0 Å². The minimum atomic E-state index is -1.33. The van der Waals surface area contributed by atoms with Crippen LogP contribution in [-0.2, 0) is 0 Å². The first-order valence-corrected chi connectivity index (χ1v) is 7.60. The van der Waals surface area contributed by atoms with Crippen LogP contribution >= 0.6 is 11.6 Å². The van der Waals surface area contributed by atoms with Gasteiger partial charge >= 0.3 is 5.97 Å². The number of aromatic carboxylic acids is 1. The summed E-state index contributed by atoms with van der Waals surface area (Å²) < 4.78 is 0. The highest BCUT2D eigenvalue weighted by Gasteiger charge is 2.18. The fourth-order valence-electron chi connectivity index (χ4n) is 2.41. The predicted molar refractivity (Wildman–Crippen MR) is 94.9 cm³/mol. The summed E-state index contributed by atoms with van der Waals surface area (Å²) in [7, 11) is 0. The first kappa shape index (κ1) is 17.3. The van der Waals surface area contributed by atoms with Crippen molar-refractivity contribution in [1.29, 1.82) is 0 Å². The van der Waals surface area contributed by atoms with Crippen molar-refractivity contribution >= 4 is 45.4 Å². The van der Waals surface area contributed by atoms with Crippen LogP contribution in [0.3, 0.4) is 0 Å². The van der Waals surface area contributed by atoms with Gasteiger partial charge in [0.15, 0.2) is 11.4 Å². The Morgan fingerprint density at radius 3 is 2.54 bits per heavy atom. The fraction of sp³-hybridized carbons (Fsp3) is 0. The molecule has 0 heterocycles. The number of hydrogen-bond donors (Lipinski definition) is 2. The van der Waals surface area contributed by atoms with Gasteiger partial charge in [0.2, 0.25) is 0 Å². The number of rotatable bonds is 4. The molecule has 3 aromatic rings. The molecule has 0 aliphatic heterocycles. The number of carbonyl (C=O) groups is 1. The van der Waals surface area contributed by atoms with E-state index in [1.54, 1.807) is 24.3 Å². The zero-order chi connectivity index (χ0) is 18.8. The zero-order valence-electron chi connectivity index (χ0n) is 13.0. The average Bonchev–Trinajstić information content (AvgIpc) is 2.61. The maximum Gasteiger partial charge on any atom is 0.339 e. The minimum absolute atomic E-state index is 0.0800. The van der Waals surface area contributed by atoms with Gasteiger partial charge in [-0.3, -0.25) is 10.1 Å². The van der Waals surface area contributed by atoms with Gasteiger partial charge < -0.3 is 10.2 Å². The molecule has 0 atom stereocenters. The van der Waals surface area contributed by atoms with Gasteiger partial charge in [0, 0.05) is 16.5 Å². The molecule has 0 spiro atoms. The molecule has 0 radical (unpaired) electrons. The number of azo groups is 1. The van der Waals surface area contributed by atoms with E-state index in [0.29, 0.717) is 10.8 Å². The van der Waals surface area contributed by atoms with Crippen molar-refractivity contribution in [2.75, 3.05) is 0 Å². The van der Waals surface area contributed by atoms with E-state index in [9.17, 15) is 25.1 Å². The third kappa shape index (κ3) is 3.17. The Morgan fingerprint density at radius 1 is 1.12 bits per heavy atom. The lowest BCUT2D eigenvalue weighted by atomic mass is 10.0. The lowest BCUT2D eigenvalue weighted by molar-refractivity contribution is -0.384. The van der Waals surface area contributed by atoms with Gasteiger partial charge in [-0.05, 0) is 23.6 Å². The molecule has 8 nitrogen and oxygen atoms in total. The van der Waals surface area contributed by atoms with Crippen molar-refractivity contribution in [3.63, 3.8) is 0 Å². The lowest BCUT2D eigenvalue weighted by Crippen LogP contribution is -1.97. The third-order valence-electron chi connectivity index (χ3n) is 3.62. The number of nitro groups is 1. The molecule has 9 heteroatoms. The fourth-order valence-corrected chi connectivity index (χ4v) is 2.58. The number of hydrogen-bond acceptors (Lipinski definition) is 6. The smallest absolute Gasteiger partial charge is 0.339 e. The van der Waals surface area contributed by atoms with Gasteiger partial charge in [0.1, 0.15) is 11.3 Å². The van der Waals surface area contributed by atoms with Crippen molar-refractivity contribution in [3.8, 4) is 5.75 Å². The van der Waals surface area contributed by atoms with E-state index >= 15 is 0 Å². The SMILES string of the molecule is O=C(O)c1cc2ccccc2c(N=Nc2ccc(Cl)cc2[N+](=O)[O-])c1O. The minimum Gasteiger partial charge on any atom is -0.505 e. The summed E-state index contributed by atoms with van der Waals surface area (Å²) in [5, 5.41) is 39.5. The van der Waals surface area contributed by atoms with E-state index in [2.05, 4.69) is 10.2 Å². The first-order valence-electron chi connectivity index (χ1n) is 7.22. The van der Waals surface area contributed by atoms with Crippen LogP contribution in [0.15, 0.2) is 58.8 Å². The van der Waals surface area contributed by atoms with Crippen LogP contribution in [-0.4, -0.2) is 21.1 Å². The highest BCUT2D eigenvalue weighted by atomic mass is 35.5. The lowest BCUT2D eigenvalue weighted by Gasteiger charge is -2.07. The van der Waals surface area contributed by atoms with Crippen molar-refractivity contribution in [1.82, 2.24) is 0 Å². The van der Waals surface area contributed by atoms with E-state index in [-0.39, 0.29) is 27.6 Å². The number of phenols is 1. The molecule has 0 aliphatic rings.